The highest BCUT2D eigenvalue weighted by Gasteiger charge is 2.19. The number of amides is 1. The molecule has 1 saturated heterocycles. The zero-order valence-electron chi connectivity index (χ0n) is 13.6. The number of carbonyl (C=O) groups is 1. The Hall–Kier alpha value is -1.40. The molecule has 1 unspecified atom stereocenters. The predicted octanol–water partition coefficient (Wildman–Crippen LogP) is 2.67. The van der Waals surface area contributed by atoms with Crippen LogP contribution in [0.25, 0.3) is 0 Å². The standard InChI is InChI=1S/C18H23N3OS.ClH/c22-17(14-21-11-5-9-19-10-12-21)20-18(16-8-4-13-23-16)15-6-2-1-3-7-15;/h1-4,6-8,13,18-19H,5,9-12,14H2,(H,20,22);1H. The summed E-state index contributed by atoms with van der Waals surface area (Å²) in [5, 5.41) is 8.63. The molecule has 1 aromatic carbocycles. The second-order valence-corrected chi connectivity index (χ2v) is 6.79. The SMILES string of the molecule is Cl.O=C(CN1CCCNCC1)NC(c1ccccc1)c1cccs1. The van der Waals surface area contributed by atoms with E-state index in [0.717, 1.165) is 38.2 Å². The minimum atomic E-state index is -0.0613. The number of nitrogens with zero attached hydrogens (tertiary/aromatic N) is 1. The lowest BCUT2D eigenvalue weighted by Crippen LogP contribution is -2.40. The van der Waals surface area contributed by atoms with Crippen molar-refractivity contribution in [2.75, 3.05) is 32.7 Å². The lowest BCUT2D eigenvalue weighted by atomic mass is 10.1. The average Bonchev–Trinajstić information content (AvgIpc) is 2.99. The van der Waals surface area contributed by atoms with Crippen molar-refractivity contribution in [3.63, 3.8) is 0 Å². The molecule has 6 heteroatoms. The van der Waals surface area contributed by atoms with Crippen LogP contribution in [-0.2, 0) is 4.79 Å². The normalized spacial score (nSPS) is 16.7. The smallest absolute Gasteiger partial charge is 0.234 e. The van der Waals surface area contributed by atoms with E-state index in [0.29, 0.717) is 6.54 Å². The Kier molecular flexibility index (Phi) is 7.72. The van der Waals surface area contributed by atoms with Crippen LogP contribution in [0, 0.1) is 0 Å². The molecule has 0 spiro atoms. The van der Waals surface area contributed by atoms with E-state index in [2.05, 4.69) is 39.1 Å². The Bertz CT molecular complexity index is 598. The summed E-state index contributed by atoms with van der Waals surface area (Å²) in [6.45, 7) is 4.38. The first-order valence-electron chi connectivity index (χ1n) is 8.14. The molecule has 1 aliphatic rings. The summed E-state index contributed by atoms with van der Waals surface area (Å²) < 4.78 is 0. The summed E-state index contributed by atoms with van der Waals surface area (Å²) in [6.07, 6.45) is 1.10. The van der Waals surface area contributed by atoms with Gasteiger partial charge in [0.05, 0.1) is 12.6 Å². The van der Waals surface area contributed by atoms with E-state index in [1.165, 1.54) is 4.88 Å². The number of thiophene rings is 1. The molecule has 130 valence electrons. The Morgan fingerprint density at radius 3 is 2.75 bits per heavy atom. The Morgan fingerprint density at radius 2 is 2.00 bits per heavy atom. The van der Waals surface area contributed by atoms with Crippen LogP contribution in [0.15, 0.2) is 47.8 Å². The molecule has 1 atom stereocenters. The van der Waals surface area contributed by atoms with E-state index in [4.69, 9.17) is 0 Å². The average molecular weight is 366 g/mol. The highest BCUT2D eigenvalue weighted by atomic mass is 35.5. The van der Waals surface area contributed by atoms with Gasteiger partial charge < -0.3 is 10.6 Å². The van der Waals surface area contributed by atoms with E-state index in [1.54, 1.807) is 11.3 Å². The quantitative estimate of drug-likeness (QED) is 0.856. The summed E-state index contributed by atoms with van der Waals surface area (Å²) in [5.41, 5.74) is 1.13. The number of benzene rings is 1. The lowest BCUT2D eigenvalue weighted by Gasteiger charge is -2.22. The second kappa shape index (κ2) is 9.79. The van der Waals surface area contributed by atoms with Crippen molar-refractivity contribution < 1.29 is 4.79 Å². The molecule has 24 heavy (non-hydrogen) atoms. The van der Waals surface area contributed by atoms with Crippen LogP contribution in [0.4, 0.5) is 0 Å². The molecule has 1 aromatic heterocycles. The van der Waals surface area contributed by atoms with Crippen LogP contribution in [0.2, 0.25) is 0 Å². The fourth-order valence-corrected chi connectivity index (χ4v) is 3.69. The van der Waals surface area contributed by atoms with Crippen LogP contribution in [0.5, 0.6) is 0 Å². The third-order valence-electron chi connectivity index (χ3n) is 4.07. The molecule has 0 aliphatic carbocycles. The van der Waals surface area contributed by atoms with Gasteiger partial charge in [0.2, 0.25) is 5.91 Å². The molecule has 0 bridgehead atoms. The molecule has 4 nitrogen and oxygen atoms in total. The van der Waals surface area contributed by atoms with Crippen LogP contribution >= 0.6 is 23.7 Å². The summed E-state index contributed by atoms with van der Waals surface area (Å²) in [6, 6.07) is 14.2. The number of carbonyl (C=O) groups excluding carboxylic acids is 1. The van der Waals surface area contributed by atoms with Gasteiger partial charge in [0, 0.05) is 18.0 Å². The van der Waals surface area contributed by atoms with Gasteiger partial charge in [-0.15, -0.1) is 23.7 Å². The summed E-state index contributed by atoms with van der Waals surface area (Å²) in [7, 11) is 0. The highest BCUT2D eigenvalue weighted by molar-refractivity contribution is 7.10. The first kappa shape index (κ1) is 18.9. The van der Waals surface area contributed by atoms with Gasteiger partial charge in [-0.3, -0.25) is 9.69 Å². The van der Waals surface area contributed by atoms with Crippen molar-refractivity contribution in [2.45, 2.75) is 12.5 Å². The van der Waals surface area contributed by atoms with Crippen LogP contribution in [0.3, 0.4) is 0 Å². The molecular formula is C18H24ClN3OS. The fourth-order valence-electron chi connectivity index (χ4n) is 2.89. The summed E-state index contributed by atoms with van der Waals surface area (Å²) >= 11 is 1.68. The maximum Gasteiger partial charge on any atom is 0.234 e. The van der Waals surface area contributed by atoms with Crippen molar-refractivity contribution in [3.8, 4) is 0 Å². The molecule has 1 fully saturated rings. The number of hydrogen-bond donors (Lipinski definition) is 2. The van der Waals surface area contributed by atoms with Crippen molar-refractivity contribution in [1.29, 1.82) is 0 Å². The van der Waals surface area contributed by atoms with Gasteiger partial charge in [0.1, 0.15) is 0 Å². The van der Waals surface area contributed by atoms with Crippen molar-refractivity contribution in [1.82, 2.24) is 15.5 Å². The molecule has 2 N–H and O–H groups in total. The van der Waals surface area contributed by atoms with Gasteiger partial charge in [-0.05, 0) is 36.5 Å². The van der Waals surface area contributed by atoms with Gasteiger partial charge in [-0.1, -0.05) is 36.4 Å². The third kappa shape index (κ3) is 5.31. The third-order valence-corrected chi connectivity index (χ3v) is 5.00. The van der Waals surface area contributed by atoms with E-state index >= 15 is 0 Å². The van der Waals surface area contributed by atoms with Gasteiger partial charge in [-0.2, -0.15) is 0 Å². The number of hydrogen-bond acceptors (Lipinski definition) is 4. The van der Waals surface area contributed by atoms with Crippen LogP contribution in [0.1, 0.15) is 22.9 Å². The predicted molar refractivity (Wildman–Crippen MR) is 102 cm³/mol. The Labute approximate surface area is 153 Å². The lowest BCUT2D eigenvalue weighted by molar-refractivity contribution is -0.122. The first-order chi connectivity index (χ1) is 11.3. The van der Waals surface area contributed by atoms with Crippen molar-refractivity contribution in [2.24, 2.45) is 0 Å². The van der Waals surface area contributed by atoms with E-state index in [1.807, 2.05) is 24.3 Å². The maximum atomic E-state index is 12.5. The molecular weight excluding hydrogens is 342 g/mol. The first-order valence-corrected chi connectivity index (χ1v) is 9.01. The van der Waals surface area contributed by atoms with Crippen molar-refractivity contribution in [3.05, 3.63) is 58.3 Å². The molecule has 0 saturated carbocycles. The van der Waals surface area contributed by atoms with Gasteiger partial charge in [0.25, 0.3) is 0 Å². The summed E-state index contributed by atoms with van der Waals surface area (Å²) in [5.74, 6) is 0.0918. The van der Waals surface area contributed by atoms with Gasteiger partial charge >= 0.3 is 0 Å². The van der Waals surface area contributed by atoms with Crippen molar-refractivity contribution >= 4 is 29.7 Å². The zero-order chi connectivity index (χ0) is 15.9. The maximum absolute atomic E-state index is 12.5. The minimum Gasteiger partial charge on any atom is -0.343 e. The molecule has 3 rings (SSSR count). The Morgan fingerprint density at radius 1 is 1.17 bits per heavy atom. The second-order valence-electron chi connectivity index (χ2n) is 5.81. The minimum absolute atomic E-state index is 0. The number of halogens is 1. The van der Waals surface area contributed by atoms with E-state index in [-0.39, 0.29) is 24.4 Å². The van der Waals surface area contributed by atoms with Gasteiger partial charge in [-0.25, -0.2) is 0 Å². The topological polar surface area (TPSA) is 44.4 Å². The fraction of sp³-hybridized carbons (Fsp3) is 0.389. The van der Waals surface area contributed by atoms with Crippen LogP contribution < -0.4 is 10.6 Å². The zero-order valence-corrected chi connectivity index (χ0v) is 15.2. The molecule has 2 heterocycles. The van der Waals surface area contributed by atoms with Crippen LogP contribution in [-0.4, -0.2) is 43.5 Å². The van der Waals surface area contributed by atoms with Gasteiger partial charge in [0.15, 0.2) is 0 Å². The highest BCUT2D eigenvalue weighted by Crippen LogP contribution is 2.25. The molecule has 1 amide bonds. The number of rotatable bonds is 5. The summed E-state index contributed by atoms with van der Waals surface area (Å²) in [4.78, 5) is 15.9. The molecule has 0 radical (unpaired) electrons. The number of nitrogens with one attached hydrogen (secondary N) is 2. The monoisotopic (exact) mass is 365 g/mol. The molecule has 1 aliphatic heterocycles. The largest absolute Gasteiger partial charge is 0.343 e. The Balaban J connectivity index is 0.00000208. The molecule has 2 aromatic rings. The van der Waals surface area contributed by atoms with E-state index in [9.17, 15) is 4.79 Å². The van der Waals surface area contributed by atoms with E-state index < -0.39 is 0 Å².